The highest BCUT2D eigenvalue weighted by atomic mass is 16.5. The van der Waals surface area contributed by atoms with E-state index in [1.165, 1.54) is 0 Å². The molecule has 0 spiro atoms. The van der Waals surface area contributed by atoms with Crippen molar-refractivity contribution in [3.8, 4) is 0 Å². The van der Waals surface area contributed by atoms with Crippen molar-refractivity contribution >= 4 is 5.76 Å². The van der Waals surface area contributed by atoms with E-state index in [0.717, 1.165) is 17.9 Å². The number of aromatic nitrogens is 1. The molecule has 14 heavy (non-hydrogen) atoms. The summed E-state index contributed by atoms with van der Waals surface area (Å²) in [7, 11) is 0. The number of hydrogen-bond donors (Lipinski definition) is 0. The molecule has 0 saturated heterocycles. The molecule has 0 saturated carbocycles. The summed E-state index contributed by atoms with van der Waals surface area (Å²) in [6.07, 6.45) is 0.860. The zero-order valence-electron chi connectivity index (χ0n) is 8.47. The second kappa shape index (κ2) is 3.22. The lowest BCUT2D eigenvalue weighted by Gasteiger charge is -1.97. The molecule has 0 aliphatic carbocycles. The number of nitrogens with zero attached hydrogens (tertiary/aromatic N) is 1. The summed E-state index contributed by atoms with van der Waals surface area (Å²) < 4.78 is 10.8. The van der Waals surface area contributed by atoms with Gasteiger partial charge in [-0.3, -0.25) is 0 Å². The molecule has 3 heteroatoms. The van der Waals surface area contributed by atoms with Gasteiger partial charge in [0.25, 0.3) is 5.89 Å². The molecular formula is C11H11NO2. The Hall–Kier alpha value is -1.69. The summed E-state index contributed by atoms with van der Waals surface area (Å²) in [6.45, 7) is 5.75. The van der Waals surface area contributed by atoms with Gasteiger partial charge < -0.3 is 9.15 Å². The molecule has 0 aromatic carbocycles. The van der Waals surface area contributed by atoms with E-state index in [2.05, 4.69) is 16.4 Å². The Bertz CT molecular complexity index is 469. The molecule has 2 heterocycles. The van der Waals surface area contributed by atoms with E-state index < -0.39 is 0 Å². The summed E-state index contributed by atoms with van der Waals surface area (Å²) >= 11 is 0. The van der Waals surface area contributed by atoms with Gasteiger partial charge in [0.05, 0.1) is 5.69 Å². The van der Waals surface area contributed by atoms with E-state index in [-0.39, 0.29) is 0 Å². The van der Waals surface area contributed by atoms with Crippen LogP contribution in [0.2, 0.25) is 0 Å². The van der Waals surface area contributed by atoms with Crippen molar-refractivity contribution in [2.24, 2.45) is 0 Å². The van der Waals surface area contributed by atoms with Crippen LogP contribution in [0, 0.1) is 6.92 Å². The molecule has 0 N–H and O–H groups in total. The summed E-state index contributed by atoms with van der Waals surface area (Å²) in [4.78, 5) is 4.30. The standard InChI is InChI=1S/C11H11NO2/c1-4-9-8(3)14-11(12-9)10-6-5-7(2)13-10/h4H2,1-3H3. The molecule has 3 nitrogen and oxygen atoms in total. The van der Waals surface area contributed by atoms with Gasteiger partial charge in [-0.1, -0.05) is 6.92 Å². The lowest BCUT2D eigenvalue weighted by atomic mass is 10.3. The SMILES string of the molecule is CCc1nc(C2=C=C=C(C)O2)oc1C. The second-order valence-electron chi connectivity index (χ2n) is 3.11. The molecule has 0 unspecified atom stereocenters. The molecule has 1 aliphatic heterocycles. The Morgan fingerprint density at radius 3 is 2.57 bits per heavy atom. The molecule has 72 valence electrons. The summed E-state index contributed by atoms with van der Waals surface area (Å²) in [5.41, 5.74) is 6.62. The highest BCUT2D eigenvalue weighted by Crippen LogP contribution is 2.22. The van der Waals surface area contributed by atoms with Crippen molar-refractivity contribution in [1.82, 2.24) is 4.98 Å². The number of oxazole rings is 1. The zero-order valence-corrected chi connectivity index (χ0v) is 8.47. The van der Waals surface area contributed by atoms with Gasteiger partial charge in [0, 0.05) is 6.92 Å². The van der Waals surface area contributed by atoms with Crippen molar-refractivity contribution in [1.29, 1.82) is 0 Å². The highest BCUT2D eigenvalue weighted by Gasteiger charge is 2.15. The lowest BCUT2D eigenvalue weighted by Crippen LogP contribution is -1.87. The Morgan fingerprint density at radius 2 is 2.07 bits per heavy atom. The number of allylic oxidation sites excluding steroid dienone is 1. The van der Waals surface area contributed by atoms with Crippen LogP contribution in [0.4, 0.5) is 0 Å². The van der Waals surface area contributed by atoms with E-state index in [9.17, 15) is 0 Å². The summed E-state index contributed by atoms with van der Waals surface area (Å²) in [5.74, 6) is 2.54. The lowest BCUT2D eigenvalue weighted by molar-refractivity contribution is 0.367. The monoisotopic (exact) mass is 189 g/mol. The molecule has 1 aromatic rings. The molecule has 2 rings (SSSR count). The molecule has 0 amide bonds. The van der Waals surface area contributed by atoms with Crippen molar-refractivity contribution < 1.29 is 9.15 Å². The van der Waals surface area contributed by atoms with Crippen LogP contribution in [-0.2, 0) is 11.2 Å². The van der Waals surface area contributed by atoms with E-state index in [4.69, 9.17) is 9.15 Å². The third-order valence-electron chi connectivity index (χ3n) is 2.03. The molecule has 0 atom stereocenters. The minimum absolute atomic E-state index is 0.490. The molecule has 1 aromatic heterocycles. The first-order valence-corrected chi connectivity index (χ1v) is 4.57. The van der Waals surface area contributed by atoms with Crippen LogP contribution in [0.3, 0.4) is 0 Å². The van der Waals surface area contributed by atoms with Gasteiger partial charge in [0.15, 0.2) is 5.76 Å². The molecule has 0 fully saturated rings. The minimum atomic E-state index is 0.490. The van der Waals surface area contributed by atoms with Crippen molar-refractivity contribution in [2.75, 3.05) is 0 Å². The predicted octanol–water partition coefficient (Wildman–Crippen LogP) is 2.57. The zero-order chi connectivity index (χ0) is 10.1. The number of rotatable bonds is 2. The number of aryl methyl sites for hydroxylation is 2. The average molecular weight is 189 g/mol. The first-order chi connectivity index (χ1) is 6.70. The van der Waals surface area contributed by atoms with Crippen molar-refractivity contribution in [3.05, 3.63) is 34.6 Å². The van der Waals surface area contributed by atoms with Crippen LogP contribution in [0.1, 0.15) is 31.2 Å². The minimum Gasteiger partial charge on any atom is -0.438 e. The maximum atomic E-state index is 5.45. The Labute approximate surface area is 82.4 Å². The average Bonchev–Trinajstić information content (AvgIpc) is 2.71. The number of hydrogen-bond acceptors (Lipinski definition) is 3. The van der Waals surface area contributed by atoms with E-state index in [0.29, 0.717) is 17.4 Å². The molecular weight excluding hydrogens is 178 g/mol. The maximum Gasteiger partial charge on any atom is 0.272 e. The molecule has 0 radical (unpaired) electrons. The Morgan fingerprint density at radius 1 is 1.29 bits per heavy atom. The number of ether oxygens (including phenoxy) is 1. The van der Waals surface area contributed by atoms with Gasteiger partial charge in [0.1, 0.15) is 5.76 Å². The van der Waals surface area contributed by atoms with Gasteiger partial charge in [-0.15, -0.1) is 0 Å². The summed E-state index contributed by atoms with van der Waals surface area (Å²) in [6, 6.07) is 0. The maximum absolute atomic E-state index is 5.45. The Kier molecular flexibility index (Phi) is 2.05. The fraction of sp³-hybridized carbons (Fsp3) is 0.364. The van der Waals surface area contributed by atoms with E-state index in [1.54, 1.807) is 0 Å². The fourth-order valence-electron chi connectivity index (χ4n) is 1.30. The third-order valence-corrected chi connectivity index (χ3v) is 2.03. The van der Waals surface area contributed by atoms with Gasteiger partial charge in [-0.2, -0.15) is 0 Å². The van der Waals surface area contributed by atoms with Crippen molar-refractivity contribution in [3.63, 3.8) is 0 Å². The van der Waals surface area contributed by atoms with E-state index in [1.807, 2.05) is 20.8 Å². The first-order valence-electron chi connectivity index (χ1n) is 4.57. The quantitative estimate of drug-likeness (QED) is 0.671. The largest absolute Gasteiger partial charge is 0.438 e. The molecule has 0 bridgehead atoms. The van der Waals surface area contributed by atoms with Gasteiger partial charge in [0.2, 0.25) is 5.76 Å². The highest BCUT2D eigenvalue weighted by molar-refractivity contribution is 5.54. The molecule has 1 aliphatic rings. The second-order valence-corrected chi connectivity index (χ2v) is 3.11. The first kappa shape index (κ1) is 8.89. The normalized spacial score (nSPS) is 13.9. The van der Waals surface area contributed by atoms with Crippen LogP contribution >= 0.6 is 0 Å². The van der Waals surface area contributed by atoms with Crippen LogP contribution in [0.25, 0.3) is 5.76 Å². The third kappa shape index (κ3) is 1.39. The van der Waals surface area contributed by atoms with Crippen LogP contribution in [0.15, 0.2) is 21.6 Å². The van der Waals surface area contributed by atoms with Crippen LogP contribution in [-0.4, -0.2) is 4.98 Å². The van der Waals surface area contributed by atoms with Gasteiger partial charge in [-0.25, -0.2) is 4.98 Å². The fourth-order valence-corrected chi connectivity index (χ4v) is 1.30. The van der Waals surface area contributed by atoms with Crippen LogP contribution < -0.4 is 0 Å². The van der Waals surface area contributed by atoms with Crippen molar-refractivity contribution in [2.45, 2.75) is 27.2 Å². The predicted molar refractivity (Wildman–Crippen MR) is 51.3 cm³/mol. The Balaban J connectivity index is 2.41. The smallest absolute Gasteiger partial charge is 0.272 e. The summed E-state index contributed by atoms with van der Waals surface area (Å²) in [5, 5.41) is 0. The van der Waals surface area contributed by atoms with E-state index >= 15 is 0 Å². The van der Waals surface area contributed by atoms with Gasteiger partial charge >= 0.3 is 0 Å². The topological polar surface area (TPSA) is 35.3 Å². The van der Waals surface area contributed by atoms with Gasteiger partial charge in [-0.05, 0) is 24.8 Å². The van der Waals surface area contributed by atoms with Crippen LogP contribution in [0.5, 0.6) is 0 Å².